The molecule has 1 saturated heterocycles. The first-order valence-electron chi connectivity index (χ1n) is 4.11. The molecule has 3 heteroatoms. The largest absolute Gasteiger partial charge is 0.351 e. The number of hydrogen-bond acceptors (Lipinski definition) is 2. The van der Waals surface area contributed by atoms with Crippen molar-refractivity contribution >= 4 is 11.6 Å². The van der Waals surface area contributed by atoms with E-state index in [0.717, 1.165) is 19.4 Å². The molecule has 1 fully saturated rings. The number of alkyl halides is 1. The summed E-state index contributed by atoms with van der Waals surface area (Å²) in [5.74, 6) is 0. The van der Waals surface area contributed by atoms with E-state index in [2.05, 4.69) is 0 Å². The van der Waals surface area contributed by atoms with Gasteiger partial charge in [-0.1, -0.05) is 0 Å². The number of ether oxygens (including phenoxy) is 2. The van der Waals surface area contributed by atoms with Crippen LogP contribution in [0.4, 0.5) is 0 Å². The average Bonchev–Trinajstić information content (AvgIpc) is 1.93. The number of rotatable bonds is 2. The van der Waals surface area contributed by atoms with Crippen molar-refractivity contribution in [2.75, 3.05) is 6.61 Å². The van der Waals surface area contributed by atoms with Crippen LogP contribution in [0.1, 0.15) is 26.7 Å². The molecule has 1 aliphatic rings. The highest BCUT2D eigenvalue weighted by molar-refractivity contribution is 6.20. The Morgan fingerprint density at radius 1 is 1.55 bits per heavy atom. The molecule has 1 heterocycles. The maximum absolute atomic E-state index is 5.98. The normalized spacial score (nSPS) is 32.7. The van der Waals surface area contributed by atoms with Gasteiger partial charge < -0.3 is 9.47 Å². The van der Waals surface area contributed by atoms with Crippen LogP contribution >= 0.6 is 11.6 Å². The van der Waals surface area contributed by atoms with Gasteiger partial charge in [-0.25, -0.2) is 0 Å². The van der Waals surface area contributed by atoms with Gasteiger partial charge in [0.1, 0.15) is 0 Å². The minimum Gasteiger partial charge on any atom is -0.351 e. The Balaban J connectivity index is 2.29. The van der Waals surface area contributed by atoms with Gasteiger partial charge in [-0.2, -0.15) is 0 Å². The summed E-state index contributed by atoms with van der Waals surface area (Å²) in [4.78, 5) is 0. The molecule has 2 atom stereocenters. The maximum Gasteiger partial charge on any atom is 0.174 e. The quantitative estimate of drug-likeness (QED) is 0.604. The van der Waals surface area contributed by atoms with Crippen molar-refractivity contribution in [3.8, 4) is 0 Å². The summed E-state index contributed by atoms with van der Waals surface area (Å²) in [5.41, 5.74) is 0. The van der Waals surface area contributed by atoms with Crippen LogP contribution in [0.3, 0.4) is 0 Å². The topological polar surface area (TPSA) is 18.5 Å². The highest BCUT2D eigenvalue weighted by atomic mass is 35.5. The summed E-state index contributed by atoms with van der Waals surface area (Å²) in [6.07, 6.45) is 2.05. The zero-order chi connectivity index (χ0) is 8.27. The van der Waals surface area contributed by atoms with Crippen LogP contribution in [0.2, 0.25) is 0 Å². The van der Waals surface area contributed by atoms with Gasteiger partial charge in [-0.3, -0.25) is 0 Å². The molecule has 66 valence electrons. The summed E-state index contributed by atoms with van der Waals surface area (Å²) in [6, 6.07) is 0. The molecule has 0 amide bonds. The minimum atomic E-state index is -0.189. The van der Waals surface area contributed by atoms with Gasteiger partial charge in [0.25, 0.3) is 0 Å². The van der Waals surface area contributed by atoms with E-state index < -0.39 is 0 Å². The van der Waals surface area contributed by atoms with Crippen molar-refractivity contribution in [3.05, 3.63) is 0 Å². The molecule has 1 aliphatic heterocycles. The van der Waals surface area contributed by atoms with Crippen molar-refractivity contribution in [1.29, 1.82) is 0 Å². The number of halogens is 1. The molecule has 0 radical (unpaired) electrons. The molecule has 0 saturated carbocycles. The van der Waals surface area contributed by atoms with Gasteiger partial charge >= 0.3 is 0 Å². The van der Waals surface area contributed by atoms with Crippen molar-refractivity contribution in [2.24, 2.45) is 0 Å². The molecule has 2 nitrogen and oxygen atoms in total. The van der Waals surface area contributed by atoms with Crippen LogP contribution < -0.4 is 0 Å². The van der Waals surface area contributed by atoms with Gasteiger partial charge in [0.15, 0.2) is 6.29 Å². The molecular formula is C8H15ClO2. The summed E-state index contributed by atoms with van der Waals surface area (Å²) in [5, 5.41) is 0.0335. The van der Waals surface area contributed by atoms with Crippen LogP contribution in [0.5, 0.6) is 0 Å². The van der Waals surface area contributed by atoms with E-state index in [1.165, 1.54) is 0 Å². The third kappa shape index (κ3) is 2.97. The van der Waals surface area contributed by atoms with Gasteiger partial charge in [0.2, 0.25) is 0 Å². The van der Waals surface area contributed by atoms with E-state index in [0.29, 0.717) is 0 Å². The van der Waals surface area contributed by atoms with E-state index in [1.807, 2.05) is 13.8 Å². The molecule has 0 unspecified atom stereocenters. The second-order valence-electron chi connectivity index (χ2n) is 3.08. The van der Waals surface area contributed by atoms with Crippen molar-refractivity contribution in [3.63, 3.8) is 0 Å². The highest BCUT2D eigenvalue weighted by Gasteiger charge is 2.25. The fourth-order valence-corrected chi connectivity index (χ4v) is 1.40. The average molecular weight is 179 g/mol. The molecular weight excluding hydrogens is 164 g/mol. The standard InChI is InChI=1S/C8H15ClO2/c1-6(2)11-8-7(9)4-3-5-10-8/h6-8H,3-5H2,1-2H3/t7-,8+/m1/s1. The lowest BCUT2D eigenvalue weighted by atomic mass is 10.2. The minimum absolute atomic E-state index is 0.0335. The molecule has 0 aromatic carbocycles. The lowest BCUT2D eigenvalue weighted by Gasteiger charge is -2.28. The fraction of sp³-hybridized carbons (Fsp3) is 1.00. The third-order valence-electron chi connectivity index (χ3n) is 1.61. The van der Waals surface area contributed by atoms with Crippen LogP contribution in [0.25, 0.3) is 0 Å². The summed E-state index contributed by atoms with van der Waals surface area (Å²) < 4.78 is 10.8. The Bertz CT molecular complexity index is 117. The van der Waals surface area contributed by atoms with Gasteiger partial charge in [0.05, 0.1) is 11.5 Å². The predicted octanol–water partition coefficient (Wildman–Crippen LogP) is 2.16. The molecule has 0 bridgehead atoms. The lowest BCUT2D eigenvalue weighted by Crippen LogP contribution is -2.34. The summed E-state index contributed by atoms with van der Waals surface area (Å²) in [7, 11) is 0. The first-order chi connectivity index (χ1) is 5.20. The zero-order valence-electron chi connectivity index (χ0n) is 7.05. The van der Waals surface area contributed by atoms with Crippen molar-refractivity contribution in [2.45, 2.75) is 44.5 Å². The summed E-state index contributed by atoms with van der Waals surface area (Å²) in [6.45, 7) is 4.75. The van der Waals surface area contributed by atoms with E-state index >= 15 is 0 Å². The Morgan fingerprint density at radius 2 is 2.27 bits per heavy atom. The molecule has 0 aromatic rings. The smallest absolute Gasteiger partial charge is 0.174 e. The fourth-order valence-electron chi connectivity index (χ4n) is 1.11. The van der Waals surface area contributed by atoms with Crippen LogP contribution in [0, 0.1) is 0 Å². The highest BCUT2D eigenvalue weighted by Crippen LogP contribution is 2.21. The SMILES string of the molecule is CC(C)O[C@@H]1OCCC[C@H]1Cl. The van der Waals surface area contributed by atoms with Gasteiger partial charge in [0, 0.05) is 6.61 Å². The van der Waals surface area contributed by atoms with Crippen molar-refractivity contribution < 1.29 is 9.47 Å². The second kappa shape index (κ2) is 4.29. The zero-order valence-corrected chi connectivity index (χ0v) is 7.80. The molecule has 0 N–H and O–H groups in total. The van der Waals surface area contributed by atoms with E-state index in [4.69, 9.17) is 21.1 Å². The molecule has 0 aliphatic carbocycles. The lowest BCUT2D eigenvalue weighted by molar-refractivity contribution is -0.177. The van der Waals surface area contributed by atoms with E-state index in [1.54, 1.807) is 0 Å². The van der Waals surface area contributed by atoms with E-state index in [9.17, 15) is 0 Å². The van der Waals surface area contributed by atoms with E-state index in [-0.39, 0.29) is 17.8 Å². The van der Waals surface area contributed by atoms with Crippen LogP contribution in [-0.2, 0) is 9.47 Å². The Kier molecular flexibility index (Phi) is 3.63. The van der Waals surface area contributed by atoms with Gasteiger partial charge in [-0.15, -0.1) is 11.6 Å². The predicted molar refractivity (Wildman–Crippen MR) is 44.8 cm³/mol. The first-order valence-corrected chi connectivity index (χ1v) is 4.55. The van der Waals surface area contributed by atoms with Gasteiger partial charge in [-0.05, 0) is 26.7 Å². The van der Waals surface area contributed by atoms with Crippen LogP contribution in [0.15, 0.2) is 0 Å². The first kappa shape index (κ1) is 9.30. The maximum atomic E-state index is 5.98. The molecule has 1 rings (SSSR count). The Hall–Kier alpha value is 0.210. The Morgan fingerprint density at radius 3 is 2.82 bits per heavy atom. The second-order valence-corrected chi connectivity index (χ2v) is 3.64. The van der Waals surface area contributed by atoms with Crippen LogP contribution in [-0.4, -0.2) is 24.4 Å². The third-order valence-corrected chi connectivity index (χ3v) is 2.03. The molecule has 0 aromatic heterocycles. The Labute approximate surface area is 72.8 Å². The van der Waals surface area contributed by atoms with Crippen molar-refractivity contribution in [1.82, 2.24) is 0 Å². The summed E-state index contributed by atoms with van der Waals surface area (Å²) >= 11 is 5.98. The monoisotopic (exact) mass is 178 g/mol. The molecule has 0 spiro atoms. The number of hydrogen-bond donors (Lipinski definition) is 0. The molecule has 11 heavy (non-hydrogen) atoms.